The van der Waals surface area contributed by atoms with Gasteiger partial charge >= 0.3 is 0 Å². The summed E-state index contributed by atoms with van der Waals surface area (Å²) in [6.45, 7) is 0.449. The van der Waals surface area contributed by atoms with Crippen LogP contribution in [0.15, 0.2) is 54.7 Å². The number of benzene rings is 1. The van der Waals surface area contributed by atoms with Crippen LogP contribution in [-0.4, -0.2) is 28.0 Å². The molecule has 1 amide bonds. The third kappa shape index (κ3) is 4.42. The van der Waals surface area contributed by atoms with E-state index in [1.165, 1.54) is 0 Å². The number of aryl methyl sites for hydroxylation is 1. The number of rotatable bonds is 5. The van der Waals surface area contributed by atoms with Crippen LogP contribution in [0, 0.1) is 5.92 Å². The van der Waals surface area contributed by atoms with Gasteiger partial charge in [-0.25, -0.2) is 4.98 Å². The Morgan fingerprint density at radius 1 is 1.07 bits per heavy atom. The van der Waals surface area contributed by atoms with Crippen LogP contribution < -0.4 is 10.1 Å². The van der Waals surface area contributed by atoms with Gasteiger partial charge in [-0.3, -0.25) is 9.78 Å². The molecule has 0 spiro atoms. The molecule has 6 heteroatoms. The van der Waals surface area contributed by atoms with Crippen molar-refractivity contribution in [1.29, 1.82) is 0 Å². The first kappa shape index (κ1) is 19.1. The van der Waals surface area contributed by atoms with Crippen molar-refractivity contribution in [2.75, 3.05) is 7.11 Å². The molecule has 1 N–H and O–H groups in total. The Labute approximate surface area is 170 Å². The topological polar surface area (TPSA) is 77.0 Å². The highest BCUT2D eigenvalue weighted by Crippen LogP contribution is 2.31. The molecule has 29 heavy (non-hydrogen) atoms. The van der Waals surface area contributed by atoms with Crippen LogP contribution in [0.5, 0.6) is 5.88 Å². The van der Waals surface area contributed by atoms with Crippen molar-refractivity contribution in [3.8, 4) is 17.3 Å². The second-order valence-electron chi connectivity index (χ2n) is 7.16. The van der Waals surface area contributed by atoms with Gasteiger partial charge in [-0.1, -0.05) is 36.4 Å². The highest BCUT2D eigenvalue weighted by atomic mass is 16.5. The fourth-order valence-corrected chi connectivity index (χ4v) is 3.71. The van der Waals surface area contributed by atoms with Crippen molar-refractivity contribution >= 4 is 5.91 Å². The molecule has 2 heterocycles. The number of hydrogen-bond donors (Lipinski definition) is 1. The van der Waals surface area contributed by atoms with Gasteiger partial charge in [0.05, 0.1) is 25.0 Å². The maximum absolute atomic E-state index is 12.7. The van der Waals surface area contributed by atoms with E-state index in [-0.39, 0.29) is 11.8 Å². The van der Waals surface area contributed by atoms with Crippen LogP contribution in [0.4, 0.5) is 0 Å². The highest BCUT2D eigenvalue weighted by Gasteiger charge is 2.26. The van der Waals surface area contributed by atoms with Gasteiger partial charge in [-0.05, 0) is 37.8 Å². The van der Waals surface area contributed by atoms with Gasteiger partial charge in [0.25, 0.3) is 0 Å². The van der Waals surface area contributed by atoms with E-state index in [0.717, 1.165) is 48.2 Å². The minimum absolute atomic E-state index is 0.0576. The molecule has 1 aromatic carbocycles. The number of hydrogen-bond acceptors (Lipinski definition) is 5. The van der Waals surface area contributed by atoms with Crippen molar-refractivity contribution < 1.29 is 9.53 Å². The van der Waals surface area contributed by atoms with Gasteiger partial charge < -0.3 is 10.1 Å². The summed E-state index contributed by atoms with van der Waals surface area (Å²) in [5, 5.41) is 3.02. The molecule has 0 saturated heterocycles. The summed E-state index contributed by atoms with van der Waals surface area (Å²) in [5.41, 5.74) is 3.82. The van der Waals surface area contributed by atoms with Gasteiger partial charge in [-0.15, -0.1) is 0 Å². The monoisotopic (exact) mass is 388 g/mol. The molecule has 2 aromatic heterocycles. The van der Waals surface area contributed by atoms with Crippen LogP contribution in [0.3, 0.4) is 0 Å². The van der Waals surface area contributed by atoms with E-state index in [0.29, 0.717) is 18.2 Å². The predicted molar refractivity (Wildman–Crippen MR) is 110 cm³/mol. The van der Waals surface area contributed by atoms with Crippen LogP contribution in [0.2, 0.25) is 0 Å². The van der Waals surface area contributed by atoms with E-state index < -0.39 is 0 Å². The van der Waals surface area contributed by atoms with E-state index in [2.05, 4.69) is 15.3 Å². The maximum Gasteiger partial charge on any atom is 0.223 e. The molecule has 0 fully saturated rings. The minimum Gasteiger partial charge on any atom is -0.481 e. The predicted octanol–water partition coefficient (Wildman–Crippen LogP) is 3.36. The van der Waals surface area contributed by atoms with Gasteiger partial charge in [-0.2, -0.15) is 4.98 Å². The molecule has 0 radical (unpaired) electrons. The lowest BCUT2D eigenvalue weighted by Crippen LogP contribution is -2.30. The Hall–Kier alpha value is -3.28. The zero-order valence-electron chi connectivity index (χ0n) is 16.5. The summed E-state index contributed by atoms with van der Waals surface area (Å²) in [5.74, 6) is 1.29. The summed E-state index contributed by atoms with van der Waals surface area (Å²) in [4.78, 5) is 26.4. The molecule has 148 valence electrons. The fraction of sp³-hybridized carbons (Fsp3) is 0.304. The summed E-state index contributed by atoms with van der Waals surface area (Å²) >= 11 is 0. The molecule has 0 bridgehead atoms. The molecule has 4 rings (SSSR count). The molecule has 6 nitrogen and oxygen atoms in total. The average molecular weight is 388 g/mol. The van der Waals surface area contributed by atoms with E-state index in [4.69, 9.17) is 9.72 Å². The Morgan fingerprint density at radius 3 is 2.62 bits per heavy atom. The van der Waals surface area contributed by atoms with E-state index in [1.54, 1.807) is 13.3 Å². The summed E-state index contributed by atoms with van der Waals surface area (Å²) in [6.07, 6.45) is 4.71. The first-order valence-electron chi connectivity index (χ1n) is 9.91. The largest absolute Gasteiger partial charge is 0.481 e. The number of aromatic nitrogens is 3. The Kier molecular flexibility index (Phi) is 5.79. The van der Waals surface area contributed by atoms with E-state index >= 15 is 0 Å². The summed E-state index contributed by atoms with van der Waals surface area (Å²) in [6, 6.07) is 15.6. The zero-order valence-corrected chi connectivity index (χ0v) is 16.5. The lowest BCUT2D eigenvalue weighted by molar-refractivity contribution is -0.125. The van der Waals surface area contributed by atoms with Gasteiger partial charge in [0, 0.05) is 23.2 Å². The number of methoxy groups -OCH3 is 1. The Balaban J connectivity index is 1.49. The van der Waals surface area contributed by atoms with E-state index in [1.807, 2.05) is 48.5 Å². The number of carbonyl (C=O) groups is 1. The normalized spacial score (nSPS) is 15.8. The van der Waals surface area contributed by atoms with Gasteiger partial charge in [0.15, 0.2) is 5.82 Å². The molecule has 1 unspecified atom stereocenters. The molecule has 1 aliphatic carbocycles. The number of carbonyl (C=O) groups excluding carboxylic acids is 1. The number of nitrogens with zero attached hydrogens (tertiary/aromatic N) is 3. The van der Waals surface area contributed by atoms with Gasteiger partial charge in [0.1, 0.15) is 0 Å². The Morgan fingerprint density at radius 2 is 1.86 bits per heavy atom. The molecular formula is C23H24N4O2. The summed E-state index contributed by atoms with van der Waals surface area (Å²) in [7, 11) is 1.64. The van der Waals surface area contributed by atoms with Crippen molar-refractivity contribution in [1.82, 2.24) is 20.3 Å². The standard InChI is InChI=1S/C23H24N4O2/c1-29-23-19-12-10-17(22(28)25-15-18-9-5-6-14-24-18)11-13-20(19)26-21(27-23)16-7-3-2-4-8-16/h2-9,14,17H,10-13,15H2,1H3,(H,25,28). The Bertz CT molecular complexity index is 977. The number of pyridine rings is 1. The van der Waals surface area contributed by atoms with Crippen molar-refractivity contribution in [2.45, 2.75) is 32.2 Å². The first-order valence-corrected chi connectivity index (χ1v) is 9.91. The lowest BCUT2D eigenvalue weighted by atomic mass is 9.99. The number of nitrogens with one attached hydrogen (secondary N) is 1. The molecular weight excluding hydrogens is 364 g/mol. The molecule has 1 atom stereocenters. The molecule has 0 aliphatic heterocycles. The SMILES string of the molecule is COc1nc(-c2ccccc2)nc2c1CCC(C(=O)NCc1ccccn1)CC2. The van der Waals surface area contributed by atoms with Crippen molar-refractivity contribution in [2.24, 2.45) is 5.92 Å². The second-order valence-corrected chi connectivity index (χ2v) is 7.16. The second kappa shape index (κ2) is 8.82. The van der Waals surface area contributed by atoms with Crippen LogP contribution in [-0.2, 0) is 24.2 Å². The molecule has 0 saturated carbocycles. The minimum atomic E-state index is -0.0576. The molecule has 3 aromatic rings. The zero-order chi connectivity index (χ0) is 20.1. The maximum atomic E-state index is 12.7. The van der Waals surface area contributed by atoms with Gasteiger partial charge in [0.2, 0.25) is 11.8 Å². The third-order valence-electron chi connectivity index (χ3n) is 5.29. The van der Waals surface area contributed by atoms with Crippen LogP contribution >= 0.6 is 0 Å². The average Bonchev–Trinajstić information content (AvgIpc) is 3.01. The quantitative estimate of drug-likeness (QED) is 0.678. The van der Waals surface area contributed by atoms with Crippen molar-refractivity contribution in [3.05, 3.63) is 71.7 Å². The molecule has 1 aliphatic rings. The fourth-order valence-electron chi connectivity index (χ4n) is 3.71. The summed E-state index contributed by atoms with van der Waals surface area (Å²) < 4.78 is 5.57. The van der Waals surface area contributed by atoms with Crippen molar-refractivity contribution in [3.63, 3.8) is 0 Å². The smallest absolute Gasteiger partial charge is 0.223 e. The highest BCUT2D eigenvalue weighted by molar-refractivity contribution is 5.78. The van der Waals surface area contributed by atoms with E-state index in [9.17, 15) is 4.79 Å². The number of fused-ring (bicyclic) bond motifs is 1. The number of ether oxygens (including phenoxy) is 1. The first-order chi connectivity index (χ1) is 14.2. The lowest BCUT2D eigenvalue weighted by Gasteiger charge is -2.13. The number of amides is 1. The van der Waals surface area contributed by atoms with Crippen LogP contribution in [0.25, 0.3) is 11.4 Å². The third-order valence-corrected chi connectivity index (χ3v) is 5.29. The van der Waals surface area contributed by atoms with Crippen LogP contribution in [0.1, 0.15) is 29.8 Å².